The second-order valence-electron chi connectivity index (χ2n) is 8.06. The fraction of sp³-hybridized carbons (Fsp3) is 0.583. The number of ether oxygens (including phenoxy) is 1. The highest BCUT2D eigenvalue weighted by molar-refractivity contribution is 5.79. The summed E-state index contributed by atoms with van der Waals surface area (Å²) >= 11 is 0. The molecule has 0 atom stereocenters. The highest BCUT2D eigenvalue weighted by Crippen LogP contribution is 2.16. The highest BCUT2D eigenvalue weighted by Gasteiger charge is 2.19. The van der Waals surface area contributed by atoms with E-state index in [4.69, 9.17) is 9.15 Å². The molecule has 7 nitrogen and oxygen atoms in total. The van der Waals surface area contributed by atoms with Gasteiger partial charge in [0.05, 0.1) is 11.8 Å². The molecule has 31 heavy (non-hydrogen) atoms. The van der Waals surface area contributed by atoms with Gasteiger partial charge in [0.25, 0.3) is 0 Å². The standard InChI is InChI=1S/C24H37N5O2/c1-4-25-24(27-17-23-28-19(2)20(3)31-23)26-13-8-16-30-22-11-14-29(15-12-22)18-21-9-6-5-7-10-21/h5-7,9-10,22H,4,8,11-18H2,1-3H3,(H2,25,26,27). The maximum absolute atomic E-state index is 6.12. The fourth-order valence-corrected chi connectivity index (χ4v) is 3.70. The third-order valence-corrected chi connectivity index (χ3v) is 5.54. The lowest BCUT2D eigenvalue weighted by atomic mass is 10.1. The van der Waals surface area contributed by atoms with Crippen LogP contribution in [0.25, 0.3) is 0 Å². The van der Waals surface area contributed by atoms with Crippen LogP contribution in [0.2, 0.25) is 0 Å². The molecule has 2 heterocycles. The molecule has 7 heteroatoms. The van der Waals surface area contributed by atoms with Gasteiger partial charge in [0.2, 0.25) is 5.89 Å². The first-order valence-corrected chi connectivity index (χ1v) is 11.5. The number of aryl methyl sites for hydroxylation is 2. The van der Waals surface area contributed by atoms with Crippen molar-refractivity contribution in [3.05, 3.63) is 53.2 Å². The Morgan fingerprint density at radius 2 is 1.97 bits per heavy atom. The number of guanidine groups is 1. The predicted octanol–water partition coefficient (Wildman–Crippen LogP) is 3.42. The molecule has 2 N–H and O–H groups in total. The largest absolute Gasteiger partial charge is 0.444 e. The quantitative estimate of drug-likeness (QED) is 0.344. The van der Waals surface area contributed by atoms with Crippen molar-refractivity contribution in [3.8, 4) is 0 Å². The van der Waals surface area contributed by atoms with Gasteiger partial charge in [0.15, 0.2) is 5.96 Å². The topological polar surface area (TPSA) is 74.9 Å². The van der Waals surface area contributed by atoms with Crippen molar-refractivity contribution in [2.75, 3.05) is 32.8 Å². The minimum atomic E-state index is 0.380. The lowest BCUT2D eigenvalue weighted by Gasteiger charge is -2.32. The molecule has 1 saturated heterocycles. The molecule has 1 aromatic carbocycles. The van der Waals surface area contributed by atoms with E-state index in [0.29, 0.717) is 18.5 Å². The molecule has 3 rings (SSSR count). The third kappa shape index (κ3) is 7.99. The smallest absolute Gasteiger partial charge is 0.216 e. The van der Waals surface area contributed by atoms with Crippen molar-refractivity contribution in [2.45, 2.75) is 59.2 Å². The summed E-state index contributed by atoms with van der Waals surface area (Å²) in [6.45, 7) is 12.0. The van der Waals surface area contributed by atoms with Crippen LogP contribution >= 0.6 is 0 Å². The first-order valence-electron chi connectivity index (χ1n) is 11.5. The maximum atomic E-state index is 6.12. The number of rotatable bonds is 10. The average molecular weight is 428 g/mol. The van der Waals surface area contributed by atoms with Crippen molar-refractivity contribution in [1.82, 2.24) is 20.5 Å². The Kier molecular flexibility index (Phi) is 9.37. The lowest BCUT2D eigenvalue weighted by molar-refractivity contribution is 0.00534. The van der Waals surface area contributed by atoms with E-state index in [1.807, 2.05) is 13.8 Å². The molecule has 0 unspecified atom stereocenters. The molecule has 1 fully saturated rings. The van der Waals surface area contributed by atoms with Crippen LogP contribution in [0.3, 0.4) is 0 Å². The van der Waals surface area contributed by atoms with Gasteiger partial charge in [-0.2, -0.15) is 0 Å². The first kappa shape index (κ1) is 23.3. The zero-order chi connectivity index (χ0) is 21.9. The van der Waals surface area contributed by atoms with Crippen LogP contribution in [0.5, 0.6) is 0 Å². The predicted molar refractivity (Wildman–Crippen MR) is 124 cm³/mol. The van der Waals surface area contributed by atoms with E-state index in [9.17, 15) is 0 Å². The van der Waals surface area contributed by atoms with Crippen LogP contribution < -0.4 is 10.6 Å². The summed E-state index contributed by atoms with van der Waals surface area (Å²) in [5.74, 6) is 2.28. The molecule has 0 bridgehead atoms. The Bertz CT molecular complexity index is 778. The van der Waals surface area contributed by atoms with Gasteiger partial charge in [-0.3, -0.25) is 4.90 Å². The number of nitrogens with one attached hydrogen (secondary N) is 2. The Labute approximate surface area is 186 Å². The molecule has 0 radical (unpaired) electrons. The van der Waals surface area contributed by atoms with Gasteiger partial charge < -0.3 is 19.8 Å². The number of aromatic nitrogens is 1. The van der Waals surface area contributed by atoms with Gasteiger partial charge in [-0.1, -0.05) is 30.3 Å². The van der Waals surface area contributed by atoms with Crippen LogP contribution in [0.15, 0.2) is 39.7 Å². The summed E-state index contributed by atoms with van der Waals surface area (Å²) in [7, 11) is 0. The van der Waals surface area contributed by atoms with Crippen molar-refractivity contribution in [3.63, 3.8) is 0 Å². The summed E-state index contributed by atoms with van der Waals surface area (Å²) in [6.07, 6.45) is 3.55. The molecular weight excluding hydrogens is 390 g/mol. The minimum absolute atomic E-state index is 0.380. The molecule has 0 spiro atoms. The summed E-state index contributed by atoms with van der Waals surface area (Å²) in [4.78, 5) is 11.5. The summed E-state index contributed by atoms with van der Waals surface area (Å²) in [5, 5.41) is 6.63. The van der Waals surface area contributed by atoms with Crippen LogP contribution in [-0.2, 0) is 17.8 Å². The van der Waals surface area contributed by atoms with Crippen LogP contribution in [0, 0.1) is 13.8 Å². The lowest BCUT2D eigenvalue weighted by Crippen LogP contribution is -2.38. The normalized spacial score (nSPS) is 15.9. The average Bonchev–Trinajstić information content (AvgIpc) is 3.11. The molecule has 0 aliphatic carbocycles. The number of oxazole rings is 1. The number of benzene rings is 1. The van der Waals surface area contributed by atoms with Crippen molar-refractivity contribution >= 4 is 5.96 Å². The van der Waals surface area contributed by atoms with Crippen molar-refractivity contribution in [2.24, 2.45) is 4.99 Å². The Balaban J connectivity index is 1.29. The Morgan fingerprint density at radius 1 is 1.19 bits per heavy atom. The molecule has 1 aliphatic heterocycles. The molecular formula is C24H37N5O2. The van der Waals surface area contributed by atoms with Gasteiger partial charge in [-0.15, -0.1) is 0 Å². The van der Waals surface area contributed by atoms with Gasteiger partial charge in [0, 0.05) is 39.3 Å². The molecule has 1 aromatic heterocycles. The van der Waals surface area contributed by atoms with Gasteiger partial charge in [0.1, 0.15) is 12.3 Å². The van der Waals surface area contributed by atoms with E-state index in [0.717, 1.165) is 76.0 Å². The van der Waals surface area contributed by atoms with Crippen LogP contribution in [-0.4, -0.2) is 54.7 Å². The summed E-state index contributed by atoms with van der Waals surface area (Å²) in [5.41, 5.74) is 2.31. The minimum Gasteiger partial charge on any atom is -0.444 e. The van der Waals surface area contributed by atoms with Gasteiger partial charge in [-0.05, 0) is 45.6 Å². The van der Waals surface area contributed by atoms with E-state index in [2.05, 4.69) is 62.8 Å². The molecule has 0 saturated carbocycles. The Hall–Kier alpha value is -2.38. The molecule has 0 amide bonds. The van der Waals surface area contributed by atoms with E-state index in [-0.39, 0.29) is 0 Å². The van der Waals surface area contributed by atoms with Gasteiger partial charge in [-0.25, -0.2) is 9.98 Å². The van der Waals surface area contributed by atoms with Crippen LogP contribution in [0.1, 0.15) is 49.1 Å². The second kappa shape index (κ2) is 12.5. The van der Waals surface area contributed by atoms with Crippen LogP contribution in [0.4, 0.5) is 0 Å². The number of likely N-dealkylation sites (tertiary alicyclic amines) is 1. The maximum Gasteiger partial charge on any atom is 0.216 e. The monoisotopic (exact) mass is 427 g/mol. The molecule has 170 valence electrons. The Morgan fingerprint density at radius 3 is 2.65 bits per heavy atom. The zero-order valence-corrected chi connectivity index (χ0v) is 19.2. The highest BCUT2D eigenvalue weighted by atomic mass is 16.5. The number of aliphatic imine (C=N–C) groups is 1. The summed E-state index contributed by atoms with van der Waals surface area (Å²) in [6, 6.07) is 10.7. The van der Waals surface area contributed by atoms with E-state index in [1.165, 1.54) is 5.56 Å². The van der Waals surface area contributed by atoms with Gasteiger partial charge >= 0.3 is 0 Å². The molecule has 2 aromatic rings. The fourth-order valence-electron chi connectivity index (χ4n) is 3.70. The number of piperidine rings is 1. The van der Waals surface area contributed by atoms with E-state index >= 15 is 0 Å². The third-order valence-electron chi connectivity index (χ3n) is 5.54. The number of hydrogen-bond acceptors (Lipinski definition) is 5. The molecule has 1 aliphatic rings. The van der Waals surface area contributed by atoms with Crippen molar-refractivity contribution < 1.29 is 9.15 Å². The number of nitrogens with zero attached hydrogens (tertiary/aromatic N) is 3. The summed E-state index contributed by atoms with van der Waals surface area (Å²) < 4.78 is 11.7. The first-order chi connectivity index (χ1) is 15.1. The zero-order valence-electron chi connectivity index (χ0n) is 19.2. The van der Waals surface area contributed by atoms with E-state index in [1.54, 1.807) is 0 Å². The number of hydrogen-bond donors (Lipinski definition) is 2. The SMILES string of the molecule is CCNC(=NCc1nc(C)c(C)o1)NCCCOC1CCN(Cc2ccccc2)CC1. The second-order valence-corrected chi connectivity index (χ2v) is 8.06. The van der Waals surface area contributed by atoms with E-state index < -0.39 is 0 Å². The van der Waals surface area contributed by atoms with Crippen molar-refractivity contribution in [1.29, 1.82) is 0 Å².